The maximum absolute atomic E-state index is 13.2. The lowest BCUT2D eigenvalue weighted by molar-refractivity contribution is 0.598. The highest BCUT2D eigenvalue weighted by atomic mass is 19.1. The van der Waals surface area contributed by atoms with Gasteiger partial charge in [0.25, 0.3) is 0 Å². The average Bonchev–Trinajstić information content (AvgIpc) is 2.28. The van der Waals surface area contributed by atoms with Crippen molar-refractivity contribution in [2.24, 2.45) is 5.73 Å². The number of hydrogen-bond acceptors (Lipinski definition) is 1. The number of benzene rings is 1. The zero-order chi connectivity index (χ0) is 12.1. The molecule has 1 aliphatic rings. The van der Waals surface area contributed by atoms with E-state index >= 15 is 0 Å². The zero-order valence-corrected chi connectivity index (χ0v) is 10.2. The second kappa shape index (κ2) is 5.97. The molecule has 0 fully saturated rings. The molecular formula is C15H20FN. The first-order chi connectivity index (χ1) is 8.27. The van der Waals surface area contributed by atoms with Crippen LogP contribution in [-0.4, -0.2) is 0 Å². The van der Waals surface area contributed by atoms with Gasteiger partial charge in [0.05, 0.1) is 6.04 Å². The largest absolute Gasteiger partial charge is 0.321 e. The molecule has 1 aromatic carbocycles. The number of rotatable bonds is 2. The first-order valence-electron chi connectivity index (χ1n) is 6.47. The first-order valence-corrected chi connectivity index (χ1v) is 6.47. The molecule has 92 valence electrons. The van der Waals surface area contributed by atoms with Gasteiger partial charge in [-0.15, -0.1) is 0 Å². The van der Waals surface area contributed by atoms with Gasteiger partial charge in [0.2, 0.25) is 0 Å². The highest BCUT2D eigenvalue weighted by Crippen LogP contribution is 2.27. The predicted molar refractivity (Wildman–Crippen MR) is 69.1 cm³/mol. The highest BCUT2D eigenvalue weighted by Gasteiger charge is 2.13. The maximum Gasteiger partial charge on any atom is 0.123 e. The summed E-state index contributed by atoms with van der Waals surface area (Å²) in [7, 11) is 0. The molecule has 17 heavy (non-hydrogen) atoms. The van der Waals surface area contributed by atoms with Crippen molar-refractivity contribution in [3.05, 3.63) is 47.3 Å². The van der Waals surface area contributed by atoms with Gasteiger partial charge in [-0.05, 0) is 43.4 Å². The molecule has 1 aromatic rings. The van der Waals surface area contributed by atoms with Gasteiger partial charge < -0.3 is 5.73 Å². The van der Waals surface area contributed by atoms with Crippen molar-refractivity contribution < 1.29 is 4.39 Å². The fourth-order valence-corrected chi connectivity index (χ4v) is 2.41. The van der Waals surface area contributed by atoms with E-state index in [-0.39, 0.29) is 11.9 Å². The monoisotopic (exact) mass is 233 g/mol. The van der Waals surface area contributed by atoms with Crippen molar-refractivity contribution in [1.29, 1.82) is 0 Å². The van der Waals surface area contributed by atoms with Crippen LogP contribution in [0.3, 0.4) is 0 Å². The van der Waals surface area contributed by atoms with Crippen LogP contribution in [0.15, 0.2) is 35.9 Å². The van der Waals surface area contributed by atoms with E-state index < -0.39 is 0 Å². The van der Waals surface area contributed by atoms with Crippen LogP contribution in [0.2, 0.25) is 0 Å². The summed E-state index contributed by atoms with van der Waals surface area (Å²) in [5, 5.41) is 0. The Balaban J connectivity index is 2.14. The molecule has 0 saturated heterocycles. The lowest BCUT2D eigenvalue weighted by Crippen LogP contribution is -2.14. The molecule has 1 nitrogen and oxygen atoms in total. The molecule has 2 heteroatoms. The third-order valence-electron chi connectivity index (χ3n) is 3.43. The van der Waals surface area contributed by atoms with Gasteiger partial charge in [0.15, 0.2) is 0 Å². The first kappa shape index (κ1) is 12.3. The Labute approximate surface area is 103 Å². The van der Waals surface area contributed by atoms with E-state index in [1.54, 1.807) is 12.1 Å². The fraction of sp³-hybridized carbons (Fsp3) is 0.467. The molecule has 1 atom stereocenters. The number of hydrogen-bond donors (Lipinski definition) is 1. The molecule has 0 aromatic heterocycles. The quantitative estimate of drug-likeness (QED) is 0.764. The number of nitrogens with two attached hydrogens (primary N) is 1. The smallest absolute Gasteiger partial charge is 0.123 e. The van der Waals surface area contributed by atoms with E-state index in [1.165, 1.54) is 37.3 Å². The molecule has 0 spiro atoms. The van der Waals surface area contributed by atoms with Crippen LogP contribution in [-0.2, 0) is 0 Å². The van der Waals surface area contributed by atoms with Crippen LogP contribution in [0.5, 0.6) is 0 Å². The Morgan fingerprint density at radius 3 is 2.76 bits per heavy atom. The van der Waals surface area contributed by atoms with Crippen molar-refractivity contribution in [2.75, 3.05) is 0 Å². The summed E-state index contributed by atoms with van der Waals surface area (Å²) < 4.78 is 13.2. The Morgan fingerprint density at radius 1 is 1.12 bits per heavy atom. The third-order valence-corrected chi connectivity index (χ3v) is 3.43. The summed E-state index contributed by atoms with van der Waals surface area (Å²) >= 11 is 0. The van der Waals surface area contributed by atoms with Crippen LogP contribution in [0, 0.1) is 5.82 Å². The average molecular weight is 233 g/mol. The molecule has 2 rings (SSSR count). The normalized spacial score (nSPS) is 22.1. The fourth-order valence-electron chi connectivity index (χ4n) is 2.41. The second-order valence-electron chi connectivity index (χ2n) is 4.76. The minimum Gasteiger partial charge on any atom is -0.321 e. The SMILES string of the molecule is NC(/C1=C/CCCCCC1)c1cccc(F)c1. The summed E-state index contributed by atoms with van der Waals surface area (Å²) in [4.78, 5) is 0. The van der Waals surface area contributed by atoms with E-state index in [0.29, 0.717) is 0 Å². The van der Waals surface area contributed by atoms with Gasteiger partial charge in [-0.1, -0.05) is 36.6 Å². The van der Waals surface area contributed by atoms with Gasteiger partial charge in [0, 0.05) is 0 Å². The van der Waals surface area contributed by atoms with Crippen molar-refractivity contribution >= 4 is 0 Å². The van der Waals surface area contributed by atoms with Crippen molar-refractivity contribution in [1.82, 2.24) is 0 Å². The van der Waals surface area contributed by atoms with Gasteiger partial charge in [-0.25, -0.2) is 4.39 Å². The molecule has 0 amide bonds. The Kier molecular flexibility index (Phi) is 4.32. The van der Waals surface area contributed by atoms with Crippen LogP contribution >= 0.6 is 0 Å². The molecule has 1 unspecified atom stereocenters. The van der Waals surface area contributed by atoms with E-state index in [2.05, 4.69) is 6.08 Å². The topological polar surface area (TPSA) is 26.0 Å². The van der Waals surface area contributed by atoms with Gasteiger partial charge >= 0.3 is 0 Å². The lowest BCUT2D eigenvalue weighted by atomic mass is 9.91. The number of allylic oxidation sites excluding steroid dienone is 1. The van der Waals surface area contributed by atoms with Gasteiger partial charge in [-0.3, -0.25) is 0 Å². The molecule has 2 N–H and O–H groups in total. The van der Waals surface area contributed by atoms with E-state index in [4.69, 9.17) is 5.73 Å². The van der Waals surface area contributed by atoms with Crippen molar-refractivity contribution in [3.8, 4) is 0 Å². The Hall–Kier alpha value is -1.15. The standard InChI is InChI=1S/C15H20FN/c16-14-10-6-9-13(11-14)15(17)12-7-4-2-1-3-5-8-12/h6-7,9-11,15H,1-5,8,17H2/b12-7+. The molecule has 0 aliphatic heterocycles. The van der Waals surface area contributed by atoms with Crippen LogP contribution in [0.1, 0.15) is 50.1 Å². The summed E-state index contributed by atoms with van der Waals surface area (Å²) in [5.41, 5.74) is 8.38. The predicted octanol–water partition coefficient (Wildman–Crippen LogP) is 4.11. The van der Waals surface area contributed by atoms with Crippen LogP contribution < -0.4 is 5.73 Å². The molecule has 0 saturated carbocycles. The minimum absolute atomic E-state index is 0.135. The molecule has 0 radical (unpaired) electrons. The summed E-state index contributed by atoms with van der Waals surface area (Å²) in [5.74, 6) is -0.204. The van der Waals surface area contributed by atoms with Gasteiger partial charge in [0.1, 0.15) is 5.82 Å². The van der Waals surface area contributed by atoms with E-state index in [9.17, 15) is 4.39 Å². The zero-order valence-electron chi connectivity index (χ0n) is 10.2. The van der Waals surface area contributed by atoms with E-state index in [0.717, 1.165) is 18.4 Å². The highest BCUT2D eigenvalue weighted by molar-refractivity contribution is 5.28. The third kappa shape index (κ3) is 3.40. The maximum atomic E-state index is 13.2. The Morgan fingerprint density at radius 2 is 1.94 bits per heavy atom. The molecule has 0 heterocycles. The van der Waals surface area contributed by atoms with Crippen LogP contribution in [0.4, 0.5) is 4.39 Å². The summed E-state index contributed by atoms with van der Waals surface area (Å²) in [6.07, 6.45) is 9.48. The van der Waals surface area contributed by atoms with E-state index in [1.807, 2.05) is 6.07 Å². The second-order valence-corrected chi connectivity index (χ2v) is 4.76. The Bertz CT molecular complexity index is 398. The summed E-state index contributed by atoms with van der Waals surface area (Å²) in [6.45, 7) is 0. The molecule has 0 bridgehead atoms. The van der Waals surface area contributed by atoms with Crippen LogP contribution in [0.25, 0.3) is 0 Å². The molecular weight excluding hydrogens is 213 g/mol. The molecule has 1 aliphatic carbocycles. The number of halogens is 1. The lowest BCUT2D eigenvalue weighted by Gasteiger charge is -2.18. The van der Waals surface area contributed by atoms with Gasteiger partial charge in [-0.2, -0.15) is 0 Å². The van der Waals surface area contributed by atoms with Crippen molar-refractivity contribution in [3.63, 3.8) is 0 Å². The van der Waals surface area contributed by atoms with Crippen molar-refractivity contribution in [2.45, 2.75) is 44.6 Å². The summed E-state index contributed by atoms with van der Waals surface area (Å²) in [6, 6.07) is 6.51. The minimum atomic E-state index is -0.204.